The van der Waals surface area contributed by atoms with Crippen molar-refractivity contribution < 1.29 is 0 Å². The van der Waals surface area contributed by atoms with Crippen molar-refractivity contribution in [2.24, 2.45) is 11.7 Å². The summed E-state index contributed by atoms with van der Waals surface area (Å²) in [6, 6.07) is 5.78. The second kappa shape index (κ2) is 6.98. The standard InChI is InChI=1S/C16H24ClN3/c1-2-5-12-6-4-10-20(11-9-12)14-8-3-7-13(17)15(14)16(18)19/h3,7-8,12H,2,4-6,9-11H2,1H3,(H3,18,19). The van der Waals surface area contributed by atoms with E-state index in [4.69, 9.17) is 22.7 Å². The van der Waals surface area contributed by atoms with Gasteiger partial charge in [0.15, 0.2) is 0 Å². The zero-order valence-electron chi connectivity index (χ0n) is 12.2. The Balaban J connectivity index is 2.20. The van der Waals surface area contributed by atoms with Gasteiger partial charge in [-0.05, 0) is 37.3 Å². The molecule has 1 saturated heterocycles. The van der Waals surface area contributed by atoms with Crippen molar-refractivity contribution in [1.82, 2.24) is 0 Å². The molecule has 1 unspecified atom stereocenters. The summed E-state index contributed by atoms with van der Waals surface area (Å²) in [5, 5.41) is 8.34. The van der Waals surface area contributed by atoms with Crippen molar-refractivity contribution in [2.45, 2.75) is 39.0 Å². The van der Waals surface area contributed by atoms with Gasteiger partial charge in [0, 0.05) is 18.8 Å². The van der Waals surface area contributed by atoms with Crippen molar-refractivity contribution in [2.75, 3.05) is 18.0 Å². The third-order valence-electron chi connectivity index (χ3n) is 4.15. The van der Waals surface area contributed by atoms with E-state index in [1.165, 1.54) is 32.1 Å². The minimum atomic E-state index is 0.0555. The third kappa shape index (κ3) is 3.45. The smallest absolute Gasteiger partial charge is 0.126 e. The van der Waals surface area contributed by atoms with Gasteiger partial charge in [-0.15, -0.1) is 0 Å². The lowest BCUT2D eigenvalue weighted by Crippen LogP contribution is -2.27. The van der Waals surface area contributed by atoms with Crippen molar-refractivity contribution in [3.8, 4) is 0 Å². The summed E-state index contributed by atoms with van der Waals surface area (Å²) >= 11 is 6.22. The summed E-state index contributed by atoms with van der Waals surface area (Å²) in [5.74, 6) is 0.893. The lowest BCUT2D eigenvalue weighted by molar-refractivity contribution is 0.435. The van der Waals surface area contributed by atoms with Crippen LogP contribution in [0.15, 0.2) is 18.2 Å². The van der Waals surface area contributed by atoms with Crippen LogP contribution in [0.3, 0.4) is 0 Å². The number of nitrogens with two attached hydrogens (primary N) is 1. The second-order valence-electron chi connectivity index (χ2n) is 5.62. The Morgan fingerprint density at radius 2 is 2.20 bits per heavy atom. The van der Waals surface area contributed by atoms with E-state index in [0.29, 0.717) is 10.6 Å². The number of amidine groups is 1. The molecule has 1 heterocycles. The maximum atomic E-state index is 7.76. The Morgan fingerprint density at radius 3 is 2.90 bits per heavy atom. The van der Waals surface area contributed by atoms with Gasteiger partial charge in [0.2, 0.25) is 0 Å². The highest BCUT2D eigenvalue weighted by atomic mass is 35.5. The van der Waals surface area contributed by atoms with Gasteiger partial charge in [-0.3, -0.25) is 5.41 Å². The summed E-state index contributed by atoms with van der Waals surface area (Å²) in [4.78, 5) is 2.35. The number of nitrogens with zero attached hydrogens (tertiary/aromatic N) is 1. The Hall–Kier alpha value is -1.22. The first kappa shape index (κ1) is 15.2. The molecule has 2 rings (SSSR count). The summed E-state index contributed by atoms with van der Waals surface area (Å²) in [6.07, 6.45) is 6.32. The molecule has 1 aromatic carbocycles. The first-order chi connectivity index (χ1) is 9.63. The van der Waals surface area contributed by atoms with E-state index >= 15 is 0 Å². The molecule has 20 heavy (non-hydrogen) atoms. The lowest BCUT2D eigenvalue weighted by atomic mass is 9.96. The van der Waals surface area contributed by atoms with Crippen LogP contribution in [-0.4, -0.2) is 18.9 Å². The molecule has 1 aliphatic rings. The Labute approximate surface area is 126 Å². The van der Waals surface area contributed by atoms with E-state index in [-0.39, 0.29) is 5.84 Å². The van der Waals surface area contributed by atoms with Crippen LogP contribution in [0.2, 0.25) is 5.02 Å². The quantitative estimate of drug-likeness (QED) is 0.650. The van der Waals surface area contributed by atoms with Crippen molar-refractivity contribution >= 4 is 23.1 Å². The highest BCUT2D eigenvalue weighted by molar-refractivity contribution is 6.34. The number of halogens is 1. The molecule has 0 bridgehead atoms. The topological polar surface area (TPSA) is 53.1 Å². The van der Waals surface area contributed by atoms with E-state index in [1.54, 1.807) is 6.07 Å². The average molecular weight is 294 g/mol. The van der Waals surface area contributed by atoms with E-state index in [2.05, 4.69) is 11.8 Å². The molecule has 3 nitrogen and oxygen atoms in total. The van der Waals surface area contributed by atoms with Gasteiger partial charge >= 0.3 is 0 Å². The minimum Gasteiger partial charge on any atom is -0.384 e. The molecule has 1 atom stereocenters. The van der Waals surface area contributed by atoms with Gasteiger partial charge in [-0.2, -0.15) is 0 Å². The predicted octanol–water partition coefficient (Wildman–Crippen LogP) is 4.03. The van der Waals surface area contributed by atoms with E-state index in [9.17, 15) is 0 Å². The van der Waals surface area contributed by atoms with Gasteiger partial charge in [0.1, 0.15) is 5.84 Å². The largest absolute Gasteiger partial charge is 0.384 e. The summed E-state index contributed by atoms with van der Waals surface area (Å²) < 4.78 is 0. The molecule has 0 radical (unpaired) electrons. The number of hydrogen-bond donors (Lipinski definition) is 2. The number of nitrogens with one attached hydrogen (secondary N) is 1. The van der Waals surface area contributed by atoms with Crippen LogP contribution in [-0.2, 0) is 0 Å². The van der Waals surface area contributed by atoms with Gasteiger partial charge in [0.25, 0.3) is 0 Å². The molecule has 0 saturated carbocycles. The fourth-order valence-corrected chi connectivity index (χ4v) is 3.42. The molecule has 110 valence electrons. The fourth-order valence-electron chi connectivity index (χ4n) is 3.15. The number of nitrogen functional groups attached to an aromatic ring is 1. The van der Waals surface area contributed by atoms with Crippen LogP contribution in [0, 0.1) is 11.3 Å². The molecular formula is C16H24ClN3. The van der Waals surface area contributed by atoms with Crippen LogP contribution in [0.4, 0.5) is 5.69 Å². The van der Waals surface area contributed by atoms with Crippen LogP contribution < -0.4 is 10.6 Å². The number of anilines is 1. The van der Waals surface area contributed by atoms with Gasteiger partial charge in [-0.1, -0.05) is 37.4 Å². The van der Waals surface area contributed by atoms with Gasteiger partial charge < -0.3 is 10.6 Å². The molecular weight excluding hydrogens is 270 g/mol. The molecule has 1 fully saturated rings. The minimum absolute atomic E-state index is 0.0555. The Bertz CT molecular complexity index is 473. The summed E-state index contributed by atoms with van der Waals surface area (Å²) in [5.41, 5.74) is 7.41. The van der Waals surface area contributed by atoms with Gasteiger partial charge in [0.05, 0.1) is 10.6 Å². The maximum Gasteiger partial charge on any atom is 0.126 e. The second-order valence-corrected chi connectivity index (χ2v) is 6.03. The molecule has 0 spiro atoms. The van der Waals surface area contributed by atoms with E-state index in [1.807, 2.05) is 12.1 Å². The Morgan fingerprint density at radius 1 is 1.40 bits per heavy atom. The summed E-state index contributed by atoms with van der Waals surface area (Å²) in [7, 11) is 0. The van der Waals surface area contributed by atoms with E-state index < -0.39 is 0 Å². The van der Waals surface area contributed by atoms with Crippen molar-refractivity contribution in [1.29, 1.82) is 5.41 Å². The highest BCUT2D eigenvalue weighted by Gasteiger charge is 2.20. The molecule has 0 amide bonds. The first-order valence-electron chi connectivity index (χ1n) is 7.51. The summed E-state index contributed by atoms with van der Waals surface area (Å²) in [6.45, 7) is 4.32. The fraction of sp³-hybridized carbons (Fsp3) is 0.562. The predicted molar refractivity (Wildman–Crippen MR) is 86.9 cm³/mol. The first-order valence-corrected chi connectivity index (χ1v) is 7.89. The van der Waals surface area contributed by atoms with Crippen LogP contribution in [0.5, 0.6) is 0 Å². The van der Waals surface area contributed by atoms with Crippen LogP contribution in [0.1, 0.15) is 44.6 Å². The monoisotopic (exact) mass is 293 g/mol. The zero-order chi connectivity index (χ0) is 14.5. The number of hydrogen-bond acceptors (Lipinski definition) is 2. The van der Waals surface area contributed by atoms with E-state index in [0.717, 1.165) is 24.7 Å². The molecule has 1 aliphatic heterocycles. The van der Waals surface area contributed by atoms with Gasteiger partial charge in [-0.25, -0.2) is 0 Å². The molecule has 0 aliphatic carbocycles. The molecule has 1 aromatic rings. The van der Waals surface area contributed by atoms with Crippen LogP contribution >= 0.6 is 11.6 Å². The SMILES string of the molecule is CCCC1CCCN(c2cccc(Cl)c2C(=N)N)CC1. The van der Waals surface area contributed by atoms with Crippen LogP contribution in [0.25, 0.3) is 0 Å². The third-order valence-corrected chi connectivity index (χ3v) is 4.46. The highest BCUT2D eigenvalue weighted by Crippen LogP contribution is 2.30. The molecule has 3 N–H and O–H groups in total. The zero-order valence-corrected chi connectivity index (χ0v) is 12.9. The molecule has 4 heteroatoms. The molecule has 0 aromatic heterocycles. The average Bonchev–Trinajstić information content (AvgIpc) is 2.64. The lowest BCUT2D eigenvalue weighted by Gasteiger charge is -2.26. The normalized spacial score (nSPS) is 19.7. The van der Waals surface area contributed by atoms with Crippen molar-refractivity contribution in [3.63, 3.8) is 0 Å². The van der Waals surface area contributed by atoms with Crippen molar-refractivity contribution in [3.05, 3.63) is 28.8 Å². The number of rotatable bonds is 4. The maximum absolute atomic E-state index is 7.76. The Kier molecular flexibility index (Phi) is 5.30. The number of benzene rings is 1.